The van der Waals surface area contributed by atoms with E-state index < -0.39 is 0 Å². The molecule has 1 aliphatic heterocycles. The molecule has 1 amide bonds. The van der Waals surface area contributed by atoms with Crippen molar-refractivity contribution in [2.75, 3.05) is 33.3 Å². The fourth-order valence-corrected chi connectivity index (χ4v) is 5.09. The normalized spacial score (nSPS) is 17.5. The lowest BCUT2D eigenvalue weighted by molar-refractivity contribution is -0.149. The Balaban J connectivity index is 1.28. The SMILES string of the molecule is COC(=O)[C@H]1C[C@@H](C(=O)NCCc2cncn2Cc2ccc(C#N)cc2)CN(CCCc2ccccc2)C1. The second-order valence-electron chi connectivity index (χ2n) is 9.86. The minimum absolute atomic E-state index is 0.0233. The lowest BCUT2D eigenvalue weighted by Gasteiger charge is -2.36. The summed E-state index contributed by atoms with van der Waals surface area (Å²) in [4.78, 5) is 32.0. The van der Waals surface area contributed by atoms with Gasteiger partial charge in [0.1, 0.15) is 0 Å². The molecule has 38 heavy (non-hydrogen) atoms. The second-order valence-corrected chi connectivity index (χ2v) is 9.86. The molecular weight excluding hydrogens is 478 g/mol. The molecule has 8 nitrogen and oxygen atoms in total. The zero-order chi connectivity index (χ0) is 26.7. The summed E-state index contributed by atoms with van der Waals surface area (Å²) < 4.78 is 7.07. The molecule has 0 bridgehead atoms. The van der Waals surface area contributed by atoms with Gasteiger partial charge < -0.3 is 19.5 Å². The van der Waals surface area contributed by atoms with Crippen LogP contribution in [0.1, 0.15) is 35.2 Å². The van der Waals surface area contributed by atoms with E-state index in [1.54, 1.807) is 6.33 Å². The van der Waals surface area contributed by atoms with Gasteiger partial charge in [0.15, 0.2) is 0 Å². The molecule has 2 heterocycles. The van der Waals surface area contributed by atoms with Crippen LogP contribution in [0, 0.1) is 23.2 Å². The number of carbonyl (C=O) groups is 2. The molecule has 1 N–H and O–H groups in total. The van der Waals surface area contributed by atoms with E-state index in [9.17, 15) is 9.59 Å². The van der Waals surface area contributed by atoms with Gasteiger partial charge in [0.25, 0.3) is 0 Å². The van der Waals surface area contributed by atoms with Crippen molar-refractivity contribution in [1.82, 2.24) is 19.8 Å². The van der Waals surface area contributed by atoms with E-state index in [2.05, 4.69) is 38.0 Å². The number of benzene rings is 2. The van der Waals surface area contributed by atoms with Crippen LogP contribution in [-0.4, -0.2) is 59.6 Å². The number of likely N-dealkylation sites (tertiary alicyclic amines) is 1. The number of ether oxygens (including phenoxy) is 1. The first-order valence-electron chi connectivity index (χ1n) is 13.2. The molecule has 8 heteroatoms. The predicted octanol–water partition coefficient (Wildman–Crippen LogP) is 3.21. The number of aromatic nitrogens is 2. The van der Waals surface area contributed by atoms with Gasteiger partial charge in [-0.25, -0.2) is 4.98 Å². The topological polar surface area (TPSA) is 100 Å². The molecule has 0 saturated carbocycles. The van der Waals surface area contributed by atoms with E-state index in [1.807, 2.05) is 48.7 Å². The molecule has 4 rings (SSSR count). The number of nitrogens with zero attached hydrogens (tertiary/aromatic N) is 4. The van der Waals surface area contributed by atoms with E-state index in [0.29, 0.717) is 44.6 Å². The molecule has 0 aliphatic carbocycles. The molecule has 198 valence electrons. The highest BCUT2D eigenvalue weighted by atomic mass is 16.5. The number of piperidine rings is 1. The van der Waals surface area contributed by atoms with Crippen molar-refractivity contribution in [3.63, 3.8) is 0 Å². The van der Waals surface area contributed by atoms with Crippen molar-refractivity contribution in [3.8, 4) is 6.07 Å². The Morgan fingerprint density at radius 2 is 1.82 bits per heavy atom. The number of rotatable bonds is 11. The van der Waals surface area contributed by atoms with Crippen LogP contribution in [0.25, 0.3) is 0 Å². The molecule has 1 aliphatic rings. The Labute approximate surface area is 224 Å². The van der Waals surface area contributed by atoms with Crippen LogP contribution in [0.3, 0.4) is 0 Å². The molecule has 1 aromatic heterocycles. The van der Waals surface area contributed by atoms with Crippen molar-refractivity contribution in [2.24, 2.45) is 11.8 Å². The average Bonchev–Trinajstić information content (AvgIpc) is 3.40. The summed E-state index contributed by atoms with van der Waals surface area (Å²) >= 11 is 0. The van der Waals surface area contributed by atoms with Crippen LogP contribution in [0.15, 0.2) is 67.1 Å². The number of methoxy groups -OCH3 is 1. The Hall–Kier alpha value is -3.96. The first kappa shape index (κ1) is 27.1. The molecular formula is C30H35N5O3. The van der Waals surface area contributed by atoms with Crippen molar-refractivity contribution in [1.29, 1.82) is 5.26 Å². The van der Waals surface area contributed by atoms with Crippen LogP contribution >= 0.6 is 0 Å². The maximum absolute atomic E-state index is 13.1. The van der Waals surface area contributed by atoms with Gasteiger partial charge in [-0.3, -0.25) is 9.59 Å². The first-order chi connectivity index (χ1) is 18.6. The number of nitriles is 1. The number of carbonyl (C=O) groups excluding carboxylic acids is 2. The van der Waals surface area contributed by atoms with E-state index >= 15 is 0 Å². The van der Waals surface area contributed by atoms with Gasteiger partial charge in [-0.15, -0.1) is 0 Å². The van der Waals surface area contributed by atoms with E-state index in [0.717, 1.165) is 30.6 Å². The van der Waals surface area contributed by atoms with E-state index in [4.69, 9.17) is 10.00 Å². The maximum atomic E-state index is 13.1. The molecule has 0 radical (unpaired) electrons. The largest absolute Gasteiger partial charge is 0.469 e. The summed E-state index contributed by atoms with van der Waals surface area (Å²) in [5, 5.41) is 12.1. The van der Waals surface area contributed by atoms with Crippen molar-refractivity contribution < 1.29 is 14.3 Å². The van der Waals surface area contributed by atoms with Gasteiger partial charge in [-0.05, 0) is 49.1 Å². The van der Waals surface area contributed by atoms with Gasteiger partial charge in [0, 0.05) is 44.5 Å². The highest BCUT2D eigenvalue weighted by Crippen LogP contribution is 2.24. The Bertz CT molecular complexity index is 1230. The first-order valence-corrected chi connectivity index (χ1v) is 13.2. The number of aryl methyl sites for hydroxylation is 1. The van der Waals surface area contributed by atoms with Crippen LogP contribution in [0.4, 0.5) is 0 Å². The number of imidazole rings is 1. The molecule has 2 aromatic carbocycles. The zero-order valence-corrected chi connectivity index (χ0v) is 21.9. The lowest BCUT2D eigenvalue weighted by atomic mass is 9.88. The maximum Gasteiger partial charge on any atom is 0.309 e. The fourth-order valence-electron chi connectivity index (χ4n) is 5.09. The third-order valence-corrected chi connectivity index (χ3v) is 7.13. The number of esters is 1. The minimum Gasteiger partial charge on any atom is -0.469 e. The van der Waals surface area contributed by atoms with E-state index in [1.165, 1.54) is 12.7 Å². The summed E-state index contributed by atoms with van der Waals surface area (Å²) in [6, 6.07) is 20.0. The van der Waals surface area contributed by atoms with Crippen LogP contribution in [0.5, 0.6) is 0 Å². The Morgan fingerprint density at radius 1 is 1.05 bits per heavy atom. The lowest BCUT2D eigenvalue weighted by Crippen LogP contribution is -2.49. The van der Waals surface area contributed by atoms with Crippen molar-refractivity contribution in [2.45, 2.75) is 32.2 Å². The summed E-state index contributed by atoms with van der Waals surface area (Å²) in [6.45, 7) is 3.24. The summed E-state index contributed by atoms with van der Waals surface area (Å²) in [5.41, 5.74) is 4.03. The average molecular weight is 514 g/mol. The zero-order valence-electron chi connectivity index (χ0n) is 21.9. The minimum atomic E-state index is -0.296. The summed E-state index contributed by atoms with van der Waals surface area (Å²) in [7, 11) is 1.41. The van der Waals surface area contributed by atoms with Gasteiger partial charge in [-0.2, -0.15) is 5.26 Å². The summed E-state index contributed by atoms with van der Waals surface area (Å²) in [5.74, 6) is -0.824. The third kappa shape index (κ3) is 7.53. The smallest absolute Gasteiger partial charge is 0.309 e. The molecule has 1 fully saturated rings. The van der Waals surface area contributed by atoms with Gasteiger partial charge in [0.2, 0.25) is 5.91 Å². The third-order valence-electron chi connectivity index (χ3n) is 7.13. The number of hydrogen-bond acceptors (Lipinski definition) is 6. The second kappa shape index (κ2) is 13.5. The molecule has 3 aromatic rings. The Kier molecular flexibility index (Phi) is 9.65. The molecule has 0 unspecified atom stereocenters. The standard InChI is InChI=1S/C30H35N5O3/c1-38-30(37)27-16-26(20-34(21-27)15-5-8-23-6-3-2-4-7-23)29(36)33-14-13-28-18-32-22-35(28)19-25-11-9-24(17-31)10-12-25/h2-4,6-7,9-12,18,22,26-27H,5,8,13-16,19-21H2,1H3,(H,33,36)/t26-,27+/m1/s1. The monoisotopic (exact) mass is 513 g/mol. The Morgan fingerprint density at radius 3 is 2.55 bits per heavy atom. The van der Waals surface area contributed by atoms with Crippen molar-refractivity contribution in [3.05, 3.63) is 89.5 Å². The van der Waals surface area contributed by atoms with Gasteiger partial charge in [-0.1, -0.05) is 42.5 Å². The molecule has 1 saturated heterocycles. The number of amides is 1. The van der Waals surface area contributed by atoms with Gasteiger partial charge >= 0.3 is 5.97 Å². The molecule has 2 atom stereocenters. The fraction of sp³-hybridized carbons (Fsp3) is 0.400. The van der Waals surface area contributed by atoms with Gasteiger partial charge in [0.05, 0.1) is 36.9 Å². The van der Waals surface area contributed by atoms with Crippen LogP contribution in [0.2, 0.25) is 0 Å². The predicted molar refractivity (Wildman–Crippen MR) is 144 cm³/mol. The quantitative estimate of drug-likeness (QED) is 0.395. The molecule has 0 spiro atoms. The highest BCUT2D eigenvalue weighted by Gasteiger charge is 2.35. The van der Waals surface area contributed by atoms with Crippen LogP contribution < -0.4 is 5.32 Å². The highest BCUT2D eigenvalue weighted by molar-refractivity contribution is 5.80. The number of hydrogen-bond donors (Lipinski definition) is 1. The summed E-state index contributed by atoms with van der Waals surface area (Å²) in [6.07, 6.45) is 6.69. The van der Waals surface area contributed by atoms with E-state index in [-0.39, 0.29) is 23.7 Å². The van der Waals surface area contributed by atoms with Crippen molar-refractivity contribution >= 4 is 11.9 Å². The van der Waals surface area contributed by atoms with Crippen LogP contribution in [-0.2, 0) is 33.7 Å². The number of nitrogens with one attached hydrogen (secondary N) is 1.